The predicted molar refractivity (Wildman–Crippen MR) is 65.1 cm³/mol. The van der Waals surface area contributed by atoms with Gasteiger partial charge in [-0.3, -0.25) is 4.79 Å². The molecule has 0 spiro atoms. The van der Waals surface area contributed by atoms with E-state index in [4.69, 9.17) is 0 Å². The first-order valence-corrected chi connectivity index (χ1v) is 6.01. The summed E-state index contributed by atoms with van der Waals surface area (Å²) in [6.07, 6.45) is -4.44. The Balaban J connectivity index is 2.08. The van der Waals surface area contributed by atoms with Gasteiger partial charge in [-0.15, -0.1) is 0 Å². The van der Waals surface area contributed by atoms with Crippen molar-refractivity contribution in [3.63, 3.8) is 0 Å². The molecule has 1 aromatic rings. The highest BCUT2D eigenvalue weighted by Gasteiger charge is 2.34. The molecule has 2 atom stereocenters. The zero-order valence-electron chi connectivity index (χ0n) is 10.7. The van der Waals surface area contributed by atoms with Crippen LogP contribution < -0.4 is 10.2 Å². The van der Waals surface area contributed by atoms with Gasteiger partial charge < -0.3 is 15.3 Å². The Labute approximate surface area is 113 Å². The summed E-state index contributed by atoms with van der Waals surface area (Å²) in [6, 6.07) is 1.75. The van der Waals surface area contributed by atoms with Gasteiger partial charge in [0.25, 0.3) is 0 Å². The Morgan fingerprint density at radius 3 is 2.65 bits per heavy atom. The number of carbonyl (C=O) groups excluding carboxylic acids is 1. The van der Waals surface area contributed by atoms with Crippen molar-refractivity contribution in [2.45, 2.75) is 25.2 Å². The number of rotatable bonds is 2. The minimum absolute atomic E-state index is 0.212. The molecule has 0 bridgehead atoms. The van der Waals surface area contributed by atoms with E-state index in [-0.39, 0.29) is 12.5 Å². The number of aliphatic hydroxyl groups is 1. The largest absolute Gasteiger partial charge is 0.417 e. The van der Waals surface area contributed by atoms with Gasteiger partial charge in [-0.05, 0) is 12.1 Å². The zero-order chi connectivity index (χ0) is 14.9. The molecular formula is C12H14F3N3O2. The third-order valence-corrected chi connectivity index (χ3v) is 3.08. The van der Waals surface area contributed by atoms with Gasteiger partial charge in [0, 0.05) is 26.2 Å². The Hall–Kier alpha value is -1.83. The van der Waals surface area contributed by atoms with Crippen LogP contribution >= 0.6 is 0 Å². The number of halogens is 3. The molecule has 0 radical (unpaired) electrons. The molecule has 1 aromatic heterocycles. The monoisotopic (exact) mass is 289 g/mol. The second kappa shape index (κ2) is 5.28. The molecule has 1 saturated heterocycles. The standard InChI is InChI=1S/C12H14F3N3O2/c1-7(19)17-9-5-18(6-10(9)20)11-3-2-8(4-16-11)12(13,14)15/h2-4,9-10,20H,5-6H2,1H3,(H,17,19)/t9-,10-/m1/s1. The summed E-state index contributed by atoms with van der Waals surface area (Å²) in [5, 5.41) is 12.4. The van der Waals surface area contributed by atoms with Gasteiger partial charge in [0.05, 0.1) is 17.7 Å². The fourth-order valence-corrected chi connectivity index (χ4v) is 2.12. The van der Waals surface area contributed by atoms with Gasteiger partial charge in [-0.1, -0.05) is 0 Å². The van der Waals surface area contributed by atoms with Gasteiger partial charge in [-0.2, -0.15) is 13.2 Å². The maximum absolute atomic E-state index is 12.4. The predicted octanol–water partition coefficient (Wildman–Crippen LogP) is 0.786. The lowest BCUT2D eigenvalue weighted by molar-refractivity contribution is -0.137. The first kappa shape index (κ1) is 14.6. The van der Waals surface area contributed by atoms with Crippen molar-refractivity contribution in [1.29, 1.82) is 0 Å². The van der Waals surface area contributed by atoms with Crippen LogP contribution in [0.15, 0.2) is 18.3 Å². The summed E-state index contributed by atoms with van der Waals surface area (Å²) in [7, 11) is 0. The van der Waals surface area contributed by atoms with Crippen molar-refractivity contribution >= 4 is 11.7 Å². The van der Waals surface area contributed by atoms with Crippen LogP contribution in [0.4, 0.5) is 19.0 Å². The molecule has 5 nitrogen and oxygen atoms in total. The average Bonchev–Trinajstić information content (AvgIpc) is 2.69. The maximum atomic E-state index is 12.4. The number of aromatic nitrogens is 1. The number of hydrogen-bond acceptors (Lipinski definition) is 4. The van der Waals surface area contributed by atoms with E-state index in [2.05, 4.69) is 10.3 Å². The minimum Gasteiger partial charge on any atom is -0.389 e. The Morgan fingerprint density at radius 2 is 2.15 bits per heavy atom. The van der Waals surface area contributed by atoms with Crippen LogP contribution in [0, 0.1) is 0 Å². The average molecular weight is 289 g/mol. The smallest absolute Gasteiger partial charge is 0.389 e. The number of aliphatic hydroxyl groups excluding tert-OH is 1. The lowest BCUT2D eigenvalue weighted by Gasteiger charge is -2.17. The fourth-order valence-electron chi connectivity index (χ4n) is 2.12. The van der Waals surface area contributed by atoms with Crippen molar-refractivity contribution in [3.05, 3.63) is 23.9 Å². The Kier molecular flexibility index (Phi) is 3.85. The number of carbonyl (C=O) groups is 1. The van der Waals surface area contributed by atoms with Crippen molar-refractivity contribution in [3.8, 4) is 0 Å². The number of hydrogen-bond donors (Lipinski definition) is 2. The van der Waals surface area contributed by atoms with Gasteiger partial charge in [0.2, 0.25) is 5.91 Å². The number of pyridine rings is 1. The molecule has 20 heavy (non-hydrogen) atoms. The highest BCUT2D eigenvalue weighted by molar-refractivity contribution is 5.73. The molecule has 0 aliphatic carbocycles. The van der Waals surface area contributed by atoms with Crippen LogP contribution in [0.2, 0.25) is 0 Å². The zero-order valence-corrected chi connectivity index (χ0v) is 10.7. The van der Waals surface area contributed by atoms with Gasteiger partial charge in [-0.25, -0.2) is 4.98 Å². The van der Waals surface area contributed by atoms with Crippen LogP contribution in [-0.4, -0.2) is 41.2 Å². The van der Waals surface area contributed by atoms with Crippen LogP contribution in [0.1, 0.15) is 12.5 Å². The van der Waals surface area contributed by atoms with E-state index in [0.717, 1.165) is 12.3 Å². The summed E-state index contributed by atoms with van der Waals surface area (Å²) in [6.45, 7) is 1.86. The van der Waals surface area contributed by atoms with E-state index in [1.807, 2.05) is 0 Å². The molecule has 110 valence electrons. The normalized spacial score (nSPS) is 22.9. The summed E-state index contributed by atoms with van der Waals surface area (Å²) in [5.41, 5.74) is -0.820. The fraction of sp³-hybridized carbons (Fsp3) is 0.500. The SMILES string of the molecule is CC(=O)N[C@@H]1CN(c2ccc(C(F)(F)F)cn2)C[C@H]1O. The topological polar surface area (TPSA) is 65.5 Å². The van der Waals surface area contributed by atoms with Crippen LogP contribution in [-0.2, 0) is 11.0 Å². The number of anilines is 1. The van der Waals surface area contributed by atoms with E-state index >= 15 is 0 Å². The molecule has 2 rings (SSSR count). The quantitative estimate of drug-likeness (QED) is 0.844. The molecule has 0 aromatic carbocycles. The Bertz CT molecular complexity index is 490. The van der Waals surface area contributed by atoms with E-state index in [1.54, 1.807) is 4.90 Å². The maximum Gasteiger partial charge on any atom is 0.417 e. The second-order valence-corrected chi connectivity index (χ2v) is 4.68. The summed E-state index contributed by atoms with van der Waals surface area (Å²) in [4.78, 5) is 16.3. The molecular weight excluding hydrogens is 275 g/mol. The van der Waals surface area contributed by atoms with Gasteiger partial charge in [0.15, 0.2) is 0 Å². The van der Waals surface area contributed by atoms with Crippen molar-refractivity contribution in [1.82, 2.24) is 10.3 Å². The molecule has 1 fully saturated rings. The van der Waals surface area contributed by atoms with E-state index in [9.17, 15) is 23.1 Å². The van der Waals surface area contributed by atoms with Crippen molar-refractivity contribution < 1.29 is 23.1 Å². The highest BCUT2D eigenvalue weighted by atomic mass is 19.4. The second-order valence-electron chi connectivity index (χ2n) is 4.68. The number of amides is 1. The lowest BCUT2D eigenvalue weighted by atomic mass is 10.2. The third kappa shape index (κ3) is 3.19. The van der Waals surface area contributed by atoms with Gasteiger partial charge >= 0.3 is 6.18 Å². The van der Waals surface area contributed by atoms with Crippen LogP contribution in [0.3, 0.4) is 0 Å². The van der Waals surface area contributed by atoms with Crippen LogP contribution in [0.5, 0.6) is 0 Å². The Morgan fingerprint density at radius 1 is 1.45 bits per heavy atom. The highest BCUT2D eigenvalue weighted by Crippen LogP contribution is 2.29. The van der Waals surface area contributed by atoms with Gasteiger partial charge in [0.1, 0.15) is 5.82 Å². The van der Waals surface area contributed by atoms with Crippen molar-refractivity contribution in [2.75, 3.05) is 18.0 Å². The lowest BCUT2D eigenvalue weighted by Crippen LogP contribution is -2.41. The molecule has 2 heterocycles. The molecule has 0 unspecified atom stereocenters. The molecule has 8 heteroatoms. The number of alkyl halides is 3. The van der Waals surface area contributed by atoms with Crippen LogP contribution in [0.25, 0.3) is 0 Å². The van der Waals surface area contributed by atoms with E-state index < -0.39 is 23.9 Å². The molecule has 0 saturated carbocycles. The first-order valence-electron chi connectivity index (χ1n) is 6.01. The summed E-state index contributed by atoms with van der Waals surface area (Å²) in [5.74, 6) is 0.0705. The summed E-state index contributed by atoms with van der Waals surface area (Å²) >= 11 is 0. The molecule has 1 aliphatic rings. The number of β-amino-alcohol motifs (C(OH)–C–C–N with tert-alkyl or cyclic N) is 1. The van der Waals surface area contributed by atoms with Crippen molar-refractivity contribution in [2.24, 2.45) is 0 Å². The van der Waals surface area contributed by atoms with E-state index in [1.165, 1.54) is 13.0 Å². The molecule has 2 N–H and O–H groups in total. The molecule has 1 aliphatic heterocycles. The number of nitrogens with one attached hydrogen (secondary N) is 1. The molecule has 1 amide bonds. The number of nitrogens with zero attached hydrogens (tertiary/aromatic N) is 2. The first-order chi connectivity index (χ1) is 9.27. The summed E-state index contributed by atoms with van der Waals surface area (Å²) < 4.78 is 37.3. The third-order valence-electron chi connectivity index (χ3n) is 3.08. The van der Waals surface area contributed by atoms with E-state index in [0.29, 0.717) is 12.4 Å². The minimum atomic E-state index is -4.42.